The van der Waals surface area contributed by atoms with Gasteiger partial charge in [0.15, 0.2) is 11.5 Å². The van der Waals surface area contributed by atoms with E-state index in [0.717, 1.165) is 37.1 Å². The lowest BCUT2D eigenvalue weighted by molar-refractivity contribution is -0.142. The number of carbonyl (C=O) groups is 1. The van der Waals surface area contributed by atoms with Gasteiger partial charge in [-0.2, -0.15) is 0 Å². The fraction of sp³-hybridized carbons (Fsp3) is 0.611. The van der Waals surface area contributed by atoms with Gasteiger partial charge in [-0.3, -0.25) is 9.69 Å². The first-order valence-corrected chi connectivity index (χ1v) is 8.28. The van der Waals surface area contributed by atoms with E-state index in [0.29, 0.717) is 24.8 Å². The highest BCUT2D eigenvalue weighted by Gasteiger charge is 2.30. The van der Waals surface area contributed by atoms with Crippen molar-refractivity contribution in [3.05, 3.63) is 23.8 Å². The molecular weight excluding hydrogens is 294 g/mol. The molecule has 1 fully saturated rings. The highest BCUT2D eigenvalue weighted by atomic mass is 16.5. The van der Waals surface area contributed by atoms with Crippen LogP contribution in [-0.4, -0.2) is 42.3 Å². The van der Waals surface area contributed by atoms with Gasteiger partial charge < -0.3 is 14.6 Å². The lowest BCUT2D eigenvalue weighted by atomic mass is 10.1. The zero-order chi connectivity index (χ0) is 16.8. The van der Waals surface area contributed by atoms with Crippen LogP contribution in [0.2, 0.25) is 0 Å². The Hall–Kier alpha value is -1.75. The molecule has 0 spiro atoms. The van der Waals surface area contributed by atoms with Gasteiger partial charge in [0.25, 0.3) is 0 Å². The third kappa shape index (κ3) is 4.86. The number of nitrogens with zero attached hydrogens (tertiary/aromatic N) is 1. The average Bonchev–Trinajstić information content (AvgIpc) is 2.95. The van der Waals surface area contributed by atoms with Crippen LogP contribution in [0.25, 0.3) is 0 Å². The van der Waals surface area contributed by atoms with Crippen molar-refractivity contribution >= 4 is 5.97 Å². The number of likely N-dealkylation sites (tertiary alicyclic amines) is 1. The summed E-state index contributed by atoms with van der Waals surface area (Å²) in [4.78, 5) is 13.3. The van der Waals surface area contributed by atoms with Crippen LogP contribution in [0.4, 0.5) is 0 Å². The molecule has 5 nitrogen and oxygen atoms in total. The summed E-state index contributed by atoms with van der Waals surface area (Å²) < 4.78 is 11.2. The Kier molecular flexibility index (Phi) is 6.28. The Labute approximate surface area is 138 Å². The second kappa shape index (κ2) is 8.20. The molecule has 2 rings (SSSR count). The predicted octanol–water partition coefficient (Wildman–Crippen LogP) is 3.17. The van der Waals surface area contributed by atoms with Crippen LogP contribution in [-0.2, 0) is 11.3 Å². The molecule has 1 atom stereocenters. The summed E-state index contributed by atoms with van der Waals surface area (Å²) in [5, 5.41) is 9.28. The van der Waals surface area contributed by atoms with E-state index in [2.05, 4.69) is 13.8 Å². The third-order valence-electron chi connectivity index (χ3n) is 4.22. The van der Waals surface area contributed by atoms with Crippen molar-refractivity contribution < 1.29 is 19.4 Å². The van der Waals surface area contributed by atoms with E-state index < -0.39 is 5.97 Å². The highest BCUT2D eigenvalue weighted by molar-refractivity contribution is 5.73. The Bertz CT molecular complexity index is 530. The van der Waals surface area contributed by atoms with Gasteiger partial charge in [0, 0.05) is 6.54 Å². The molecule has 5 heteroatoms. The summed E-state index contributed by atoms with van der Waals surface area (Å²) in [5.74, 6) is 1.31. The van der Waals surface area contributed by atoms with Crippen LogP contribution in [0.3, 0.4) is 0 Å². The quantitative estimate of drug-likeness (QED) is 0.797. The summed E-state index contributed by atoms with van der Waals surface area (Å²) in [5.41, 5.74) is 1.05. The van der Waals surface area contributed by atoms with Gasteiger partial charge in [0.2, 0.25) is 0 Å². The highest BCUT2D eigenvalue weighted by Crippen LogP contribution is 2.30. The summed E-state index contributed by atoms with van der Waals surface area (Å²) in [7, 11) is 1.63. The second-order valence-electron chi connectivity index (χ2n) is 6.48. The van der Waals surface area contributed by atoms with E-state index in [1.165, 1.54) is 0 Å². The van der Waals surface area contributed by atoms with Crippen molar-refractivity contribution in [2.75, 3.05) is 20.3 Å². The van der Waals surface area contributed by atoms with Crippen LogP contribution >= 0.6 is 0 Å². The van der Waals surface area contributed by atoms with Crippen molar-refractivity contribution in [3.63, 3.8) is 0 Å². The Morgan fingerprint density at radius 3 is 2.83 bits per heavy atom. The first-order chi connectivity index (χ1) is 11.0. The van der Waals surface area contributed by atoms with Gasteiger partial charge in [0.05, 0.1) is 13.7 Å². The van der Waals surface area contributed by atoms with Gasteiger partial charge >= 0.3 is 5.97 Å². The van der Waals surface area contributed by atoms with Crippen molar-refractivity contribution in [2.45, 2.75) is 45.7 Å². The normalized spacial score (nSPS) is 18.3. The number of hydrogen-bond donors (Lipinski definition) is 1. The van der Waals surface area contributed by atoms with Crippen molar-refractivity contribution in [2.24, 2.45) is 5.92 Å². The topological polar surface area (TPSA) is 59.0 Å². The number of methoxy groups -OCH3 is 1. The maximum absolute atomic E-state index is 11.3. The number of ether oxygens (including phenoxy) is 2. The number of rotatable bonds is 8. The van der Waals surface area contributed by atoms with E-state index in [9.17, 15) is 9.90 Å². The third-order valence-corrected chi connectivity index (χ3v) is 4.22. The molecule has 0 aromatic heterocycles. The van der Waals surface area contributed by atoms with E-state index in [-0.39, 0.29) is 6.04 Å². The molecule has 1 saturated heterocycles. The number of carboxylic acids is 1. The van der Waals surface area contributed by atoms with E-state index >= 15 is 0 Å². The summed E-state index contributed by atoms with van der Waals surface area (Å²) in [6, 6.07) is 5.47. The van der Waals surface area contributed by atoms with Crippen molar-refractivity contribution in [3.8, 4) is 11.5 Å². The summed E-state index contributed by atoms with van der Waals surface area (Å²) in [6.07, 6.45) is 2.65. The lowest BCUT2D eigenvalue weighted by Gasteiger charge is -2.21. The van der Waals surface area contributed by atoms with Crippen LogP contribution in [0.5, 0.6) is 11.5 Å². The molecule has 0 bridgehead atoms. The molecular formula is C18H27NO4. The predicted molar refractivity (Wildman–Crippen MR) is 89.0 cm³/mol. The SMILES string of the molecule is COc1ccc(CN2CCC[C@H]2C(=O)O)cc1OCCC(C)C. The van der Waals surface area contributed by atoms with Gasteiger partial charge in [-0.1, -0.05) is 19.9 Å². The first-order valence-electron chi connectivity index (χ1n) is 8.28. The van der Waals surface area contributed by atoms with Crippen LogP contribution in [0, 0.1) is 5.92 Å². The van der Waals surface area contributed by atoms with Gasteiger partial charge in [0.1, 0.15) is 6.04 Å². The molecule has 0 unspecified atom stereocenters. The molecule has 128 valence electrons. The standard InChI is InChI=1S/C18H27NO4/c1-13(2)8-10-23-17-11-14(6-7-16(17)22-3)12-19-9-4-5-15(19)18(20)21/h6-7,11,13,15H,4-5,8-10,12H2,1-3H3,(H,20,21)/t15-/m0/s1. The van der Waals surface area contributed by atoms with Gasteiger partial charge in [-0.05, 0) is 49.4 Å². The number of aliphatic carboxylic acids is 1. The van der Waals surface area contributed by atoms with Gasteiger partial charge in [-0.15, -0.1) is 0 Å². The fourth-order valence-corrected chi connectivity index (χ4v) is 2.87. The summed E-state index contributed by atoms with van der Waals surface area (Å²) >= 11 is 0. The molecule has 0 amide bonds. The second-order valence-corrected chi connectivity index (χ2v) is 6.48. The number of benzene rings is 1. The van der Waals surface area contributed by atoms with Crippen molar-refractivity contribution in [1.82, 2.24) is 4.90 Å². The molecule has 1 aromatic carbocycles. The molecule has 0 radical (unpaired) electrons. The smallest absolute Gasteiger partial charge is 0.320 e. The zero-order valence-corrected chi connectivity index (χ0v) is 14.2. The minimum Gasteiger partial charge on any atom is -0.493 e. The monoisotopic (exact) mass is 321 g/mol. The molecule has 1 N–H and O–H groups in total. The van der Waals surface area contributed by atoms with Gasteiger partial charge in [-0.25, -0.2) is 0 Å². The number of carboxylic acid groups (broad SMARTS) is 1. The molecule has 0 aliphatic carbocycles. The largest absolute Gasteiger partial charge is 0.493 e. The summed E-state index contributed by atoms with van der Waals surface area (Å²) in [6.45, 7) is 6.43. The fourth-order valence-electron chi connectivity index (χ4n) is 2.87. The van der Waals surface area contributed by atoms with E-state index in [4.69, 9.17) is 9.47 Å². The lowest BCUT2D eigenvalue weighted by Crippen LogP contribution is -2.35. The Morgan fingerprint density at radius 1 is 1.39 bits per heavy atom. The zero-order valence-electron chi connectivity index (χ0n) is 14.2. The van der Waals surface area contributed by atoms with E-state index in [1.807, 2.05) is 23.1 Å². The maximum atomic E-state index is 11.3. The Balaban J connectivity index is 2.06. The molecule has 1 heterocycles. The van der Waals surface area contributed by atoms with E-state index in [1.54, 1.807) is 7.11 Å². The maximum Gasteiger partial charge on any atom is 0.320 e. The number of hydrogen-bond acceptors (Lipinski definition) is 4. The molecule has 1 aliphatic rings. The van der Waals surface area contributed by atoms with Crippen LogP contribution < -0.4 is 9.47 Å². The Morgan fingerprint density at radius 2 is 2.17 bits per heavy atom. The molecule has 1 aromatic rings. The molecule has 23 heavy (non-hydrogen) atoms. The minimum absolute atomic E-state index is 0.373. The first kappa shape index (κ1) is 17.6. The van der Waals surface area contributed by atoms with Crippen LogP contribution in [0.15, 0.2) is 18.2 Å². The van der Waals surface area contributed by atoms with Crippen LogP contribution in [0.1, 0.15) is 38.7 Å². The molecule has 0 saturated carbocycles. The molecule has 1 aliphatic heterocycles. The van der Waals surface area contributed by atoms with Crippen molar-refractivity contribution in [1.29, 1.82) is 0 Å². The average molecular weight is 321 g/mol. The minimum atomic E-state index is -0.732.